The Balaban J connectivity index is 1.48. The van der Waals surface area contributed by atoms with E-state index in [1.165, 1.54) is 31.1 Å². The Bertz CT molecular complexity index is 858. The number of aliphatic hydroxyl groups excluding tert-OH is 1. The monoisotopic (exact) mass is 425 g/mol. The van der Waals surface area contributed by atoms with Crippen molar-refractivity contribution < 1.29 is 19.4 Å². The lowest BCUT2D eigenvalue weighted by Gasteiger charge is -2.29. The molecule has 5 nitrogen and oxygen atoms in total. The summed E-state index contributed by atoms with van der Waals surface area (Å²) in [5, 5.41) is 14.0. The second-order valence-electron chi connectivity index (χ2n) is 9.23. The van der Waals surface area contributed by atoms with Gasteiger partial charge in [-0.25, -0.2) is 4.79 Å². The van der Waals surface area contributed by atoms with Gasteiger partial charge in [-0.15, -0.1) is 0 Å². The normalized spacial score (nSPS) is 16.0. The molecular formula is C26H35NO4. The van der Waals surface area contributed by atoms with Gasteiger partial charge in [0.05, 0.1) is 31.5 Å². The van der Waals surface area contributed by atoms with E-state index in [1.54, 1.807) is 12.1 Å². The van der Waals surface area contributed by atoms with Gasteiger partial charge in [-0.3, -0.25) is 0 Å². The minimum Gasteiger partial charge on any atom is -0.465 e. The molecule has 1 fully saturated rings. The molecule has 2 aromatic rings. The zero-order chi connectivity index (χ0) is 22.4. The summed E-state index contributed by atoms with van der Waals surface area (Å²) in [6.45, 7) is 7.10. The zero-order valence-electron chi connectivity index (χ0n) is 19.1. The number of nitrogens with one attached hydrogen (secondary N) is 1. The maximum atomic E-state index is 11.6. The molecular weight excluding hydrogens is 390 g/mol. The van der Waals surface area contributed by atoms with Crippen LogP contribution in [-0.4, -0.2) is 43.0 Å². The first kappa shape index (κ1) is 23.5. The summed E-state index contributed by atoms with van der Waals surface area (Å²) in [6.07, 6.45) is 2.64. The number of methoxy groups -OCH3 is 1. The molecule has 0 bridgehead atoms. The molecule has 2 aromatic carbocycles. The molecule has 1 aliphatic rings. The highest BCUT2D eigenvalue weighted by molar-refractivity contribution is 5.89. The SMILES string of the molecule is COC(=O)c1ccc(CC(C)(C)NC[C@@H](O)CO[C@@H](c2ccccc2C)C2CC2)cc1. The fraction of sp³-hybridized carbons (Fsp3) is 0.500. The van der Waals surface area contributed by atoms with Gasteiger partial charge in [-0.2, -0.15) is 0 Å². The second kappa shape index (κ2) is 10.4. The minimum atomic E-state index is -0.578. The molecule has 31 heavy (non-hydrogen) atoms. The Hall–Kier alpha value is -2.21. The highest BCUT2D eigenvalue weighted by atomic mass is 16.5. The van der Waals surface area contributed by atoms with Crippen LogP contribution in [0, 0.1) is 12.8 Å². The molecule has 0 spiro atoms. The maximum absolute atomic E-state index is 11.6. The number of aliphatic hydroxyl groups is 1. The topological polar surface area (TPSA) is 67.8 Å². The van der Waals surface area contributed by atoms with Crippen LogP contribution in [0.1, 0.15) is 59.8 Å². The number of ether oxygens (including phenoxy) is 2. The van der Waals surface area contributed by atoms with E-state index in [4.69, 9.17) is 9.47 Å². The van der Waals surface area contributed by atoms with Gasteiger partial charge < -0.3 is 19.9 Å². The molecule has 0 heterocycles. The van der Waals surface area contributed by atoms with E-state index < -0.39 is 6.10 Å². The average Bonchev–Trinajstić information content (AvgIpc) is 3.59. The number of esters is 1. The highest BCUT2D eigenvalue weighted by Gasteiger charge is 2.34. The third kappa shape index (κ3) is 6.89. The number of benzene rings is 2. The van der Waals surface area contributed by atoms with E-state index in [0.29, 0.717) is 24.6 Å². The van der Waals surface area contributed by atoms with Crippen LogP contribution in [0.2, 0.25) is 0 Å². The van der Waals surface area contributed by atoms with Gasteiger partial charge in [0, 0.05) is 12.1 Å². The Morgan fingerprint density at radius 3 is 2.45 bits per heavy atom. The van der Waals surface area contributed by atoms with E-state index in [0.717, 1.165) is 12.0 Å². The Morgan fingerprint density at radius 2 is 1.84 bits per heavy atom. The molecule has 0 unspecified atom stereocenters. The first-order valence-electron chi connectivity index (χ1n) is 11.1. The molecule has 5 heteroatoms. The van der Waals surface area contributed by atoms with Crippen molar-refractivity contribution in [2.75, 3.05) is 20.3 Å². The summed E-state index contributed by atoms with van der Waals surface area (Å²) >= 11 is 0. The van der Waals surface area contributed by atoms with Crippen LogP contribution in [0.3, 0.4) is 0 Å². The van der Waals surface area contributed by atoms with Crippen molar-refractivity contribution in [1.29, 1.82) is 0 Å². The number of carbonyl (C=O) groups is 1. The Labute approximate surface area is 185 Å². The summed E-state index contributed by atoms with van der Waals surface area (Å²) in [6, 6.07) is 15.8. The molecule has 168 valence electrons. The van der Waals surface area contributed by atoms with Crippen molar-refractivity contribution >= 4 is 5.97 Å². The fourth-order valence-electron chi connectivity index (χ4n) is 3.90. The number of rotatable bonds is 11. The molecule has 2 atom stereocenters. The summed E-state index contributed by atoms with van der Waals surface area (Å²) < 4.78 is 10.9. The van der Waals surface area contributed by atoms with Crippen molar-refractivity contribution in [2.24, 2.45) is 5.92 Å². The predicted octanol–water partition coefficient (Wildman–Crippen LogP) is 4.22. The second-order valence-corrected chi connectivity index (χ2v) is 9.23. The van der Waals surface area contributed by atoms with Gasteiger partial charge in [0.15, 0.2) is 0 Å². The molecule has 0 aromatic heterocycles. The predicted molar refractivity (Wildman–Crippen MR) is 122 cm³/mol. The number of carbonyl (C=O) groups excluding carboxylic acids is 1. The first-order valence-corrected chi connectivity index (χ1v) is 11.1. The van der Waals surface area contributed by atoms with E-state index in [-0.39, 0.29) is 17.6 Å². The van der Waals surface area contributed by atoms with Crippen molar-refractivity contribution in [3.05, 3.63) is 70.8 Å². The Morgan fingerprint density at radius 1 is 1.16 bits per heavy atom. The Kier molecular flexibility index (Phi) is 7.87. The molecule has 3 rings (SSSR count). The van der Waals surface area contributed by atoms with E-state index in [1.807, 2.05) is 18.2 Å². The molecule has 1 aliphatic carbocycles. The quantitative estimate of drug-likeness (QED) is 0.528. The van der Waals surface area contributed by atoms with E-state index in [9.17, 15) is 9.90 Å². The van der Waals surface area contributed by atoms with Gasteiger partial charge in [0.2, 0.25) is 0 Å². The van der Waals surface area contributed by atoms with Crippen molar-refractivity contribution in [2.45, 2.75) is 57.8 Å². The van der Waals surface area contributed by atoms with Gasteiger partial charge in [-0.05, 0) is 74.8 Å². The third-order valence-corrected chi connectivity index (χ3v) is 5.85. The van der Waals surface area contributed by atoms with Gasteiger partial charge in [0.25, 0.3) is 0 Å². The van der Waals surface area contributed by atoms with Crippen LogP contribution in [0.25, 0.3) is 0 Å². The lowest BCUT2D eigenvalue weighted by molar-refractivity contribution is -0.0213. The van der Waals surface area contributed by atoms with Gasteiger partial charge >= 0.3 is 5.97 Å². The number of β-amino-alcohol motifs (C(OH)–C–C–N with tert-alkyl or cyclic N) is 1. The maximum Gasteiger partial charge on any atom is 0.337 e. The van der Waals surface area contributed by atoms with Crippen molar-refractivity contribution in [3.8, 4) is 0 Å². The zero-order valence-corrected chi connectivity index (χ0v) is 19.1. The smallest absolute Gasteiger partial charge is 0.337 e. The summed E-state index contributed by atoms with van der Waals surface area (Å²) in [5.74, 6) is 0.230. The summed E-state index contributed by atoms with van der Waals surface area (Å²) in [7, 11) is 1.38. The summed E-state index contributed by atoms with van der Waals surface area (Å²) in [5.41, 5.74) is 3.93. The van der Waals surface area contributed by atoms with Crippen LogP contribution in [0.5, 0.6) is 0 Å². The van der Waals surface area contributed by atoms with E-state index in [2.05, 4.69) is 44.3 Å². The van der Waals surface area contributed by atoms with Crippen LogP contribution in [-0.2, 0) is 15.9 Å². The van der Waals surface area contributed by atoms with Crippen LogP contribution >= 0.6 is 0 Å². The molecule has 0 aliphatic heterocycles. The standard InChI is InChI=1S/C26H35NO4/c1-18-7-5-6-8-23(18)24(20-13-14-20)31-17-22(28)16-27-26(2,3)15-19-9-11-21(12-10-19)25(29)30-4/h5-12,20,22,24,27-28H,13-17H2,1-4H3/t22-,24-/m1/s1. The van der Waals surface area contributed by atoms with Crippen molar-refractivity contribution in [1.82, 2.24) is 5.32 Å². The molecule has 1 saturated carbocycles. The van der Waals surface area contributed by atoms with E-state index >= 15 is 0 Å². The number of aryl methyl sites for hydroxylation is 1. The third-order valence-electron chi connectivity index (χ3n) is 5.85. The largest absolute Gasteiger partial charge is 0.465 e. The molecule has 0 saturated heterocycles. The molecule has 2 N–H and O–H groups in total. The number of hydrogen-bond acceptors (Lipinski definition) is 5. The minimum absolute atomic E-state index is 0.0668. The van der Waals surface area contributed by atoms with Crippen molar-refractivity contribution in [3.63, 3.8) is 0 Å². The molecule has 0 radical (unpaired) electrons. The number of hydrogen-bond donors (Lipinski definition) is 2. The highest BCUT2D eigenvalue weighted by Crippen LogP contribution is 2.44. The lowest BCUT2D eigenvalue weighted by Crippen LogP contribution is -2.46. The first-order chi connectivity index (χ1) is 14.8. The van der Waals surface area contributed by atoms with Gasteiger partial charge in [0.1, 0.15) is 0 Å². The van der Waals surface area contributed by atoms with Crippen LogP contribution in [0.15, 0.2) is 48.5 Å². The fourth-order valence-corrected chi connectivity index (χ4v) is 3.90. The van der Waals surface area contributed by atoms with Crippen LogP contribution < -0.4 is 5.32 Å². The van der Waals surface area contributed by atoms with Crippen LogP contribution in [0.4, 0.5) is 0 Å². The lowest BCUT2D eigenvalue weighted by atomic mass is 9.94. The molecule has 0 amide bonds. The van der Waals surface area contributed by atoms with Gasteiger partial charge in [-0.1, -0.05) is 36.4 Å². The summed E-state index contributed by atoms with van der Waals surface area (Å²) in [4.78, 5) is 11.6. The average molecular weight is 426 g/mol.